The number of hydrogen-bond acceptors (Lipinski definition) is 7. The number of allylic oxidation sites excluding steroid dienone is 1. The van der Waals surface area contributed by atoms with Gasteiger partial charge in [-0.2, -0.15) is 0 Å². The van der Waals surface area contributed by atoms with Gasteiger partial charge in [0.15, 0.2) is 17.3 Å². The van der Waals surface area contributed by atoms with E-state index in [9.17, 15) is 9.59 Å². The number of fused-ring (bicyclic) bond motifs is 1. The third-order valence-electron chi connectivity index (χ3n) is 7.60. The number of nitrogens with one attached hydrogen (secondary N) is 1. The average molecular weight is 515 g/mol. The molecule has 0 radical (unpaired) electrons. The van der Waals surface area contributed by atoms with Crippen molar-refractivity contribution in [2.45, 2.75) is 37.6 Å². The fourth-order valence-corrected chi connectivity index (χ4v) is 5.66. The lowest BCUT2D eigenvalue weighted by Crippen LogP contribution is -2.39. The van der Waals surface area contributed by atoms with Crippen LogP contribution in [-0.2, 0) is 9.59 Å². The first-order valence-corrected chi connectivity index (χ1v) is 12.8. The summed E-state index contributed by atoms with van der Waals surface area (Å²) in [4.78, 5) is 29.8. The molecule has 0 bridgehead atoms. The predicted octanol–water partition coefficient (Wildman–Crippen LogP) is 5.62. The summed E-state index contributed by atoms with van der Waals surface area (Å²) in [6.07, 6.45) is 4.18. The van der Waals surface area contributed by atoms with E-state index in [0.29, 0.717) is 34.8 Å². The molecular formula is C30H30N2O6. The quantitative estimate of drug-likeness (QED) is 0.457. The minimum Gasteiger partial charge on any atom is -0.493 e. The van der Waals surface area contributed by atoms with Gasteiger partial charge in [0.05, 0.1) is 45.0 Å². The molecule has 8 nitrogen and oxygen atoms in total. The van der Waals surface area contributed by atoms with Gasteiger partial charge in [-0.1, -0.05) is 12.1 Å². The maximum Gasteiger partial charge on any atom is 0.231 e. The number of rotatable bonds is 6. The van der Waals surface area contributed by atoms with Crippen LogP contribution in [0.25, 0.3) is 0 Å². The van der Waals surface area contributed by atoms with Gasteiger partial charge >= 0.3 is 0 Å². The van der Waals surface area contributed by atoms with Crippen LogP contribution in [0, 0.1) is 5.92 Å². The van der Waals surface area contributed by atoms with Crippen molar-refractivity contribution in [3.8, 4) is 17.2 Å². The van der Waals surface area contributed by atoms with Crippen molar-refractivity contribution in [2.75, 3.05) is 31.5 Å². The van der Waals surface area contributed by atoms with E-state index >= 15 is 0 Å². The molecule has 6 rings (SSSR count). The number of amides is 1. The molecule has 2 unspecified atom stereocenters. The van der Waals surface area contributed by atoms with Gasteiger partial charge < -0.3 is 23.9 Å². The van der Waals surface area contributed by atoms with Gasteiger partial charge in [-0.25, -0.2) is 0 Å². The van der Waals surface area contributed by atoms with Crippen molar-refractivity contribution in [3.05, 3.63) is 77.4 Å². The number of nitrogens with zero attached hydrogens (tertiary/aromatic N) is 1. The first-order valence-electron chi connectivity index (χ1n) is 12.8. The lowest BCUT2D eigenvalue weighted by Gasteiger charge is -2.35. The number of para-hydroxylation sites is 2. The molecule has 1 fully saturated rings. The van der Waals surface area contributed by atoms with E-state index in [1.165, 1.54) is 0 Å². The van der Waals surface area contributed by atoms with E-state index < -0.39 is 6.04 Å². The minimum atomic E-state index is -0.673. The Balaban J connectivity index is 1.59. The van der Waals surface area contributed by atoms with Gasteiger partial charge in [0.2, 0.25) is 11.7 Å². The zero-order chi connectivity index (χ0) is 26.4. The van der Waals surface area contributed by atoms with Crippen molar-refractivity contribution in [1.82, 2.24) is 0 Å². The Kier molecular flexibility index (Phi) is 6.10. The fourth-order valence-electron chi connectivity index (χ4n) is 5.66. The number of anilines is 2. The molecule has 3 aromatic rings. The number of carbonyl (C=O) groups is 2. The summed E-state index contributed by atoms with van der Waals surface area (Å²) in [6, 6.07) is 14.5. The zero-order valence-corrected chi connectivity index (χ0v) is 21.7. The third kappa shape index (κ3) is 4.00. The standard InChI is InChI=1S/C30H30N2O6/c1-35-25-15-19(16-26(36-2)29(25)37-3)28-27-21(13-18(14-23(27)33)24-9-6-12-38-24)31-20-7-4-5-8-22(20)32(28)30(34)17-10-11-17/h4-9,12,15-18,28,31H,10-11,13-14H2,1-3H3. The number of benzene rings is 2. The number of ketones is 1. The van der Waals surface area contributed by atoms with Crippen molar-refractivity contribution >= 4 is 23.1 Å². The summed E-state index contributed by atoms with van der Waals surface area (Å²) >= 11 is 0. The van der Waals surface area contributed by atoms with Crippen LogP contribution in [0.3, 0.4) is 0 Å². The van der Waals surface area contributed by atoms with E-state index in [4.69, 9.17) is 18.6 Å². The molecule has 0 saturated heterocycles. The molecule has 196 valence electrons. The molecule has 2 heterocycles. The van der Waals surface area contributed by atoms with Crippen LogP contribution < -0.4 is 24.4 Å². The van der Waals surface area contributed by atoms with E-state index in [0.717, 1.165) is 35.7 Å². The van der Waals surface area contributed by atoms with E-state index in [-0.39, 0.29) is 29.9 Å². The second-order valence-electron chi connectivity index (χ2n) is 9.92. The highest BCUT2D eigenvalue weighted by Gasteiger charge is 2.45. The molecule has 0 spiro atoms. The maximum atomic E-state index is 14.0. The number of Topliss-reactive ketones (excluding diaryl/α,β-unsaturated/α-hetero) is 1. The zero-order valence-electron chi connectivity index (χ0n) is 21.7. The third-order valence-corrected chi connectivity index (χ3v) is 7.60. The summed E-state index contributed by atoms with van der Waals surface area (Å²) in [6.45, 7) is 0. The number of methoxy groups -OCH3 is 3. The SMILES string of the molecule is COc1cc(C2C3=C(CC(c4ccco4)CC3=O)Nc3ccccc3N2C(=O)C2CC2)cc(OC)c1OC. The van der Waals surface area contributed by atoms with Crippen molar-refractivity contribution < 1.29 is 28.2 Å². The summed E-state index contributed by atoms with van der Waals surface area (Å²) in [5.74, 6) is 1.97. The summed E-state index contributed by atoms with van der Waals surface area (Å²) in [5, 5.41) is 3.54. The Hall–Kier alpha value is -4.20. The largest absolute Gasteiger partial charge is 0.493 e. The van der Waals surface area contributed by atoms with Crippen molar-refractivity contribution in [3.63, 3.8) is 0 Å². The smallest absolute Gasteiger partial charge is 0.231 e. The van der Waals surface area contributed by atoms with Crippen LogP contribution in [0.1, 0.15) is 49.0 Å². The lowest BCUT2D eigenvalue weighted by molar-refractivity contribution is -0.120. The Morgan fingerprint density at radius 2 is 1.71 bits per heavy atom. The van der Waals surface area contributed by atoms with Gasteiger partial charge in [-0.3, -0.25) is 14.5 Å². The maximum absolute atomic E-state index is 14.0. The second-order valence-corrected chi connectivity index (χ2v) is 9.92. The van der Waals surface area contributed by atoms with E-state index in [2.05, 4.69) is 5.32 Å². The van der Waals surface area contributed by atoms with Crippen LogP contribution in [-0.4, -0.2) is 33.0 Å². The molecule has 3 aliphatic rings. The molecule has 8 heteroatoms. The molecule has 1 amide bonds. The summed E-state index contributed by atoms with van der Waals surface area (Å²) in [7, 11) is 4.67. The highest BCUT2D eigenvalue weighted by Crippen LogP contribution is 2.51. The van der Waals surface area contributed by atoms with Crippen molar-refractivity contribution in [2.24, 2.45) is 5.92 Å². The molecule has 2 atom stereocenters. The molecule has 1 N–H and O–H groups in total. The minimum absolute atomic E-state index is 0.00714. The van der Waals surface area contributed by atoms with Gasteiger partial charge in [0, 0.05) is 29.5 Å². The van der Waals surface area contributed by atoms with E-state index in [1.54, 1.807) is 32.5 Å². The monoisotopic (exact) mass is 514 g/mol. The van der Waals surface area contributed by atoms with Crippen LogP contribution in [0.2, 0.25) is 0 Å². The molecule has 2 aliphatic carbocycles. The van der Waals surface area contributed by atoms with Gasteiger partial charge in [-0.15, -0.1) is 0 Å². The lowest BCUT2D eigenvalue weighted by atomic mass is 9.80. The van der Waals surface area contributed by atoms with Crippen LogP contribution in [0.15, 0.2) is 70.5 Å². The Bertz CT molecular complexity index is 1400. The number of ether oxygens (including phenoxy) is 3. The molecular weight excluding hydrogens is 484 g/mol. The molecule has 1 aliphatic heterocycles. The van der Waals surface area contributed by atoms with Gasteiger partial charge in [0.25, 0.3) is 0 Å². The van der Waals surface area contributed by atoms with Crippen LogP contribution >= 0.6 is 0 Å². The first-order chi connectivity index (χ1) is 18.5. The average Bonchev–Trinajstić information content (AvgIpc) is 3.67. The number of furan rings is 1. The first kappa shape index (κ1) is 24.2. The Morgan fingerprint density at radius 1 is 0.974 bits per heavy atom. The Labute approximate surface area is 221 Å². The Morgan fingerprint density at radius 3 is 2.34 bits per heavy atom. The predicted molar refractivity (Wildman–Crippen MR) is 142 cm³/mol. The highest BCUT2D eigenvalue weighted by atomic mass is 16.5. The molecule has 1 saturated carbocycles. The molecule has 38 heavy (non-hydrogen) atoms. The number of hydrogen-bond donors (Lipinski definition) is 1. The summed E-state index contributed by atoms with van der Waals surface area (Å²) in [5.41, 5.74) is 3.60. The normalized spacial score (nSPS) is 20.7. The summed E-state index contributed by atoms with van der Waals surface area (Å²) < 4.78 is 22.6. The topological polar surface area (TPSA) is 90.2 Å². The van der Waals surface area contributed by atoms with Crippen molar-refractivity contribution in [1.29, 1.82) is 0 Å². The number of carbonyl (C=O) groups excluding carboxylic acids is 2. The highest BCUT2D eigenvalue weighted by molar-refractivity contribution is 6.07. The second kappa shape index (κ2) is 9.59. The molecule has 2 aromatic carbocycles. The van der Waals surface area contributed by atoms with Crippen LogP contribution in [0.4, 0.5) is 11.4 Å². The molecule has 1 aromatic heterocycles. The van der Waals surface area contributed by atoms with E-state index in [1.807, 2.05) is 48.5 Å². The fraction of sp³-hybridized carbons (Fsp3) is 0.333. The van der Waals surface area contributed by atoms with Crippen LogP contribution in [0.5, 0.6) is 17.2 Å². The van der Waals surface area contributed by atoms with Gasteiger partial charge in [0.1, 0.15) is 5.76 Å². The van der Waals surface area contributed by atoms with Gasteiger partial charge in [-0.05, 0) is 61.2 Å².